The summed E-state index contributed by atoms with van der Waals surface area (Å²) >= 11 is 0. The number of aliphatic hydroxyl groups is 6. The number of cyclic esters (lactones) is 1. The molecule has 8 atom stereocenters. The second-order valence-corrected chi connectivity index (χ2v) is 8.65. The minimum absolute atomic E-state index is 0.0672. The molecule has 16 heteroatoms. The number of phenols is 1. The van der Waals surface area contributed by atoms with Crippen molar-refractivity contribution >= 4 is 13.8 Å². The van der Waals surface area contributed by atoms with Crippen molar-refractivity contribution in [2.24, 2.45) is 0 Å². The van der Waals surface area contributed by atoms with Crippen molar-refractivity contribution in [3.8, 4) is 11.5 Å². The fraction of sp³-hybridized carbons (Fsp3) is 0.500. The van der Waals surface area contributed by atoms with E-state index in [1.165, 1.54) is 24.3 Å². The number of ether oxygens (including phenoxy) is 3. The van der Waals surface area contributed by atoms with E-state index in [2.05, 4.69) is 13.8 Å². The minimum atomic E-state index is -5.17. The summed E-state index contributed by atoms with van der Waals surface area (Å²) in [5.41, 5.74) is 0. The smallest absolute Gasteiger partial charge is 0.508 e. The number of hydrogen-bond acceptors (Lipinski definition) is 14. The van der Waals surface area contributed by atoms with Crippen molar-refractivity contribution in [3.63, 3.8) is 0 Å². The summed E-state index contributed by atoms with van der Waals surface area (Å²) in [5.74, 6) is -3.56. The van der Waals surface area contributed by atoms with Crippen LogP contribution in [0.1, 0.15) is 0 Å². The van der Waals surface area contributed by atoms with Gasteiger partial charge in [-0.15, -0.1) is 0 Å². The van der Waals surface area contributed by atoms with Crippen LogP contribution in [-0.2, 0) is 27.9 Å². The molecular weight excluding hydrogens is 487 g/mol. The van der Waals surface area contributed by atoms with Crippen LogP contribution in [0.4, 0.5) is 0 Å². The highest BCUT2D eigenvalue weighted by molar-refractivity contribution is 7.47. The number of carbonyl (C=O) groups is 1. The topological polar surface area (TPSA) is 242 Å². The molecule has 0 radical (unpaired) electrons. The van der Waals surface area contributed by atoms with E-state index in [1.54, 1.807) is 0 Å². The summed E-state index contributed by atoms with van der Waals surface area (Å²) in [7, 11) is -5.17. The maximum absolute atomic E-state index is 12.2. The molecule has 190 valence electrons. The Morgan fingerprint density at radius 2 is 1.71 bits per heavy atom. The van der Waals surface area contributed by atoms with E-state index in [9.17, 15) is 44.9 Å². The summed E-state index contributed by atoms with van der Waals surface area (Å²) in [6, 6.07) is 5.20. The summed E-state index contributed by atoms with van der Waals surface area (Å²) in [6.07, 6.45) is -11.9. The van der Waals surface area contributed by atoms with Crippen LogP contribution in [0.2, 0.25) is 0 Å². The van der Waals surface area contributed by atoms with Crippen molar-refractivity contribution < 1.29 is 73.3 Å². The molecule has 0 spiro atoms. The highest BCUT2D eigenvalue weighted by Gasteiger charge is 2.47. The Bertz CT molecular complexity index is 949. The van der Waals surface area contributed by atoms with Crippen LogP contribution in [0.3, 0.4) is 0 Å². The first-order valence-corrected chi connectivity index (χ1v) is 11.2. The number of benzene rings is 1. The maximum Gasteiger partial charge on any atom is 0.527 e. The van der Waals surface area contributed by atoms with Gasteiger partial charge in [0.2, 0.25) is 6.29 Å². The Kier molecular flexibility index (Phi) is 8.02. The number of phosphoric acid groups is 1. The zero-order valence-corrected chi connectivity index (χ0v) is 18.0. The van der Waals surface area contributed by atoms with E-state index >= 15 is 0 Å². The van der Waals surface area contributed by atoms with Crippen LogP contribution in [0.5, 0.6) is 11.5 Å². The van der Waals surface area contributed by atoms with Crippen molar-refractivity contribution in [3.05, 3.63) is 35.8 Å². The van der Waals surface area contributed by atoms with Crippen LogP contribution in [0, 0.1) is 0 Å². The van der Waals surface area contributed by atoms with Crippen LogP contribution < -0.4 is 4.74 Å². The second kappa shape index (κ2) is 10.4. The van der Waals surface area contributed by atoms with Crippen molar-refractivity contribution in [1.29, 1.82) is 0 Å². The molecule has 34 heavy (non-hydrogen) atoms. The summed E-state index contributed by atoms with van der Waals surface area (Å²) in [4.78, 5) is 21.7. The number of phenolic OH excluding ortho intramolecular Hbond substituents is 1. The largest absolute Gasteiger partial charge is 0.527 e. The van der Waals surface area contributed by atoms with Gasteiger partial charge in [-0.1, -0.05) is 0 Å². The number of esters is 1. The molecule has 1 saturated heterocycles. The third-order valence-corrected chi connectivity index (χ3v) is 5.71. The molecule has 3 rings (SSSR count). The van der Waals surface area contributed by atoms with Crippen LogP contribution in [0.15, 0.2) is 35.8 Å². The van der Waals surface area contributed by atoms with Gasteiger partial charge < -0.3 is 54.5 Å². The molecule has 1 aromatic rings. The van der Waals surface area contributed by atoms with E-state index in [-0.39, 0.29) is 11.5 Å². The van der Waals surface area contributed by atoms with Gasteiger partial charge in [0.1, 0.15) is 42.0 Å². The van der Waals surface area contributed by atoms with Crippen LogP contribution in [0.25, 0.3) is 0 Å². The predicted molar refractivity (Wildman–Crippen MR) is 105 cm³/mol. The Balaban J connectivity index is 1.65. The monoisotopic (exact) mass is 510 g/mol. The van der Waals surface area contributed by atoms with Gasteiger partial charge in [-0.05, 0) is 24.3 Å². The molecule has 0 aromatic heterocycles. The molecule has 8 unspecified atom stereocenters. The molecule has 2 aliphatic rings. The van der Waals surface area contributed by atoms with E-state index in [1.807, 2.05) is 0 Å². The molecular formula is C18H23O15P. The van der Waals surface area contributed by atoms with Crippen molar-refractivity contribution in [2.45, 2.75) is 42.9 Å². The number of aromatic hydroxyl groups is 1. The first-order valence-electron chi connectivity index (χ1n) is 9.69. The van der Waals surface area contributed by atoms with Gasteiger partial charge in [0, 0.05) is 0 Å². The van der Waals surface area contributed by atoms with Crippen LogP contribution in [-0.4, -0.2) is 103 Å². The van der Waals surface area contributed by atoms with E-state index in [4.69, 9.17) is 14.6 Å². The highest BCUT2D eigenvalue weighted by Crippen LogP contribution is 2.48. The number of aliphatic hydroxyl groups excluding tert-OH is 6. The molecule has 0 bridgehead atoms. The fourth-order valence-electron chi connectivity index (χ4n) is 3.02. The van der Waals surface area contributed by atoms with Gasteiger partial charge in [0.05, 0.1) is 13.2 Å². The fourth-order valence-corrected chi connectivity index (χ4v) is 3.81. The summed E-state index contributed by atoms with van der Waals surface area (Å²) in [5, 5.41) is 67.9. The zero-order valence-electron chi connectivity index (χ0n) is 17.1. The van der Waals surface area contributed by atoms with Gasteiger partial charge in [-0.2, -0.15) is 0 Å². The zero-order chi connectivity index (χ0) is 25.2. The molecule has 1 aromatic carbocycles. The number of phosphoric ester groups is 1. The SMILES string of the molecule is O=C1OC(C(O)CO)C(O)=C1OP(=O)(O)OCC1OC(Oc2ccc(O)cc2)C(O)C(O)C1O. The van der Waals surface area contributed by atoms with E-state index in [0.717, 1.165) is 0 Å². The van der Waals surface area contributed by atoms with Gasteiger partial charge in [-0.3, -0.25) is 9.42 Å². The predicted octanol–water partition coefficient (Wildman–Crippen LogP) is -2.24. The van der Waals surface area contributed by atoms with Gasteiger partial charge in [0.25, 0.3) is 5.76 Å². The number of carbonyl (C=O) groups excluding carboxylic acids is 1. The normalized spacial score (nSPS) is 32.1. The Labute approximate surface area is 191 Å². The molecule has 8 N–H and O–H groups in total. The van der Waals surface area contributed by atoms with Gasteiger partial charge in [-0.25, -0.2) is 9.36 Å². The lowest BCUT2D eigenvalue weighted by Crippen LogP contribution is -2.60. The molecule has 15 nitrogen and oxygen atoms in total. The minimum Gasteiger partial charge on any atom is -0.508 e. The first kappa shape index (κ1) is 26.2. The average Bonchev–Trinajstić information content (AvgIpc) is 3.07. The number of hydrogen-bond donors (Lipinski definition) is 8. The molecule has 2 aliphatic heterocycles. The first-order chi connectivity index (χ1) is 15.9. The lowest BCUT2D eigenvalue weighted by Gasteiger charge is -2.40. The van der Waals surface area contributed by atoms with Gasteiger partial charge in [0.15, 0.2) is 11.9 Å². The Morgan fingerprint density at radius 1 is 1.06 bits per heavy atom. The van der Waals surface area contributed by atoms with E-state index in [0.29, 0.717) is 0 Å². The Morgan fingerprint density at radius 3 is 2.32 bits per heavy atom. The van der Waals surface area contributed by atoms with E-state index < -0.39 is 81.4 Å². The maximum atomic E-state index is 12.2. The highest BCUT2D eigenvalue weighted by atomic mass is 31.2. The Hall–Kier alpha value is -2.46. The van der Waals surface area contributed by atoms with Crippen molar-refractivity contribution in [1.82, 2.24) is 0 Å². The van der Waals surface area contributed by atoms with Gasteiger partial charge >= 0.3 is 13.8 Å². The molecule has 0 aliphatic carbocycles. The summed E-state index contributed by atoms with van der Waals surface area (Å²) < 4.78 is 36.7. The molecule has 2 heterocycles. The lowest BCUT2D eigenvalue weighted by atomic mass is 9.99. The lowest BCUT2D eigenvalue weighted by molar-refractivity contribution is -0.276. The molecule has 0 saturated carbocycles. The molecule has 1 fully saturated rings. The molecule has 0 amide bonds. The third kappa shape index (κ3) is 5.78. The number of rotatable bonds is 9. The standard InChI is InChI=1S/C18H23O15P/c19-5-9(21)15-14(25)16(17(26)32-15)33-34(27,28)29-6-10-11(22)12(23)13(24)18(31-10)30-8-3-1-7(20)2-4-8/h1-4,9-13,15,18-25H,5-6H2,(H,27,28). The third-order valence-electron chi connectivity index (χ3n) is 4.82. The van der Waals surface area contributed by atoms with Crippen LogP contribution >= 0.6 is 7.82 Å². The quantitative estimate of drug-likeness (QED) is 0.129. The second-order valence-electron chi connectivity index (χ2n) is 7.27. The summed E-state index contributed by atoms with van der Waals surface area (Å²) in [6.45, 7) is -1.82. The van der Waals surface area contributed by atoms with Crippen molar-refractivity contribution in [2.75, 3.05) is 13.2 Å². The average molecular weight is 510 g/mol.